The van der Waals surface area contributed by atoms with Crippen molar-refractivity contribution in [1.29, 1.82) is 0 Å². The van der Waals surface area contributed by atoms with Crippen LogP contribution in [0.3, 0.4) is 0 Å². The van der Waals surface area contributed by atoms with Crippen LogP contribution in [0.1, 0.15) is 32.6 Å². The molecule has 1 rings (SSSR count). The topological polar surface area (TPSA) is 95.6 Å². The molecule has 1 aliphatic rings. The van der Waals surface area contributed by atoms with Crippen LogP contribution in [0.25, 0.3) is 0 Å². The van der Waals surface area contributed by atoms with Crippen LogP contribution in [-0.2, 0) is 19.2 Å². The lowest BCUT2D eigenvalue weighted by molar-refractivity contribution is -0.136. The van der Waals surface area contributed by atoms with Gasteiger partial charge in [-0.15, -0.1) is 11.8 Å². The number of Topliss-reactive ketones (excluding diaryl/α,β-unsaturated/α-hetero) is 1. The Balaban J connectivity index is 2.12. The number of hydrogen-bond donors (Lipinski definition) is 2. The van der Waals surface area contributed by atoms with Crippen molar-refractivity contribution in [2.75, 3.05) is 26.4 Å². The number of carbonyl (C=O) groups is 4. The average Bonchev–Trinajstić information content (AvgIpc) is 2.75. The van der Waals surface area contributed by atoms with Crippen molar-refractivity contribution in [2.24, 2.45) is 0 Å². The molecule has 0 saturated carbocycles. The summed E-state index contributed by atoms with van der Waals surface area (Å²) in [6.07, 6.45) is 2.57. The number of likely N-dealkylation sites (tertiary alicyclic amines) is 1. The lowest BCUT2D eigenvalue weighted by Crippen LogP contribution is -2.32. The Bertz CT molecular complexity index is 470. The number of carbonyl (C=O) groups excluding carboxylic acids is 4. The summed E-state index contributed by atoms with van der Waals surface area (Å²) < 4.78 is 0. The van der Waals surface area contributed by atoms with Crippen molar-refractivity contribution >= 4 is 35.3 Å². The van der Waals surface area contributed by atoms with Crippen LogP contribution in [0, 0.1) is 0 Å². The minimum Gasteiger partial charge on any atom is -0.355 e. The maximum Gasteiger partial charge on any atom is 0.242 e. The highest BCUT2D eigenvalue weighted by Gasteiger charge is 2.36. The van der Waals surface area contributed by atoms with Crippen molar-refractivity contribution in [1.82, 2.24) is 15.5 Å². The highest BCUT2D eigenvalue weighted by atomic mass is 32.2. The summed E-state index contributed by atoms with van der Waals surface area (Å²) in [5, 5.41) is 5.31. The zero-order valence-electron chi connectivity index (χ0n) is 13.9. The van der Waals surface area contributed by atoms with Gasteiger partial charge in [0.05, 0.1) is 17.0 Å². The predicted octanol–water partition coefficient (Wildman–Crippen LogP) is -0.0596. The van der Waals surface area contributed by atoms with E-state index in [1.807, 2.05) is 0 Å². The maximum absolute atomic E-state index is 11.7. The fourth-order valence-electron chi connectivity index (χ4n) is 2.33. The minimum absolute atomic E-state index is 0.119. The first-order valence-electron chi connectivity index (χ1n) is 7.73. The normalized spacial score (nSPS) is 19.1. The molecule has 0 radical (unpaired) electrons. The predicted molar refractivity (Wildman–Crippen MR) is 89.0 cm³/mol. The number of thioether (sulfide) groups is 1. The highest BCUT2D eigenvalue weighted by molar-refractivity contribution is 8.01. The van der Waals surface area contributed by atoms with E-state index >= 15 is 0 Å². The highest BCUT2D eigenvalue weighted by Crippen LogP contribution is 2.23. The summed E-state index contributed by atoms with van der Waals surface area (Å²) in [4.78, 5) is 47.1. The molecule has 3 amide bonds. The fourth-order valence-corrected chi connectivity index (χ4v) is 3.35. The van der Waals surface area contributed by atoms with E-state index in [0.717, 1.165) is 24.2 Å². The Labute approximate surface area is 140 Å². The summed E-state index contributed by atoms with van der Waals surface area (Å²) >= 11 is 1.21. The van der Waals surface area contributed by atoms with Gasteiger partial charge in [0.15, 0.2) is 0 Å². The molecule has 0 spiro atoms. The Kier molecular flexibility index (Phi) is 8.25. The number of nitrogens with zero attached hydrogens (tertiary/aromatic N) is 1. The number of ketones is 1. The summed E-state index contributed by atoms with van der Waals surface area (Å²) in [7, 11) is 3.22. The molecule has 0 aromatic rings. The van der Waals surface area contributed by atoms with Gasteiger partial charge in [-0.05, 0) is 33.2 Å². The molecular weight excluding hydrogens is 318 g/mol. The van der Waals surface area contributed by atoms with E-state index in [4.69, 9.17) is 0 Å². The van der Waals surface area contributed by atoms with E-state index in [9.17, 15) is 19.2 Å². The Morgan fingerprint density at radius 1 is 1.35 bits per heavy atom. The quantitative estimate of drug-likeness (QED) is 0.426. The molecule has 0 aromatic carbocycles. The summed E-state index contributed by atoms with van der Waals surface area (Å²) in [6, 6.07) is -0.121. The molecule has 0 aliphatic carbocycles. The second-order valence-electron chi connectivity index (χ2n) is 5.59. The van der Waals surface area contributed by atoms with Crippen LogP contribution in [0.2, 0.25) is 0 Å². The molecule has 1 heterocycles. The second-order valence-corrected chi connectivity index (χ2v) is 6.78. The monoisotopic (exact) mass is 343 g/mol. The van der Waals surface area contributed by atoms with E-state index in [2.05, 4.69) is 10.6 Å². The third kappa shape index (κ3) is 6.31. The van der Waals surface area contributed by atoms with E-state index in [-0.39, 0.29) is 41.7 Å². The van der Waals surface area contributed by atoms with Crippen molar-refractivity contribution in [2.45, 2.75) is 43.9 Å². The van der Waals surface area contributed by atoms with Gasteiger partial charge in [0.1, 0.15) is 5.78 Å². The van der Waals surface area contributed by atoms with Crippen LogP contribution in [0.4, 0.5) is 0 Å². The van der Waals surface area contributed by atoms with Gasteiger partial charge in [-0.1, -0.05) is 0 Å². The first kappa shape index (κ1) is 19.6. The lowest BCUT2D eigenvalue weighted by atomic mass is 10.1. The van der Waals surface area contributed by atoms with Gasteiger partial charge in [0.25, 0.3) is 0 Å². The Morgan fingerprint density at radius 3 is 2.57 bits per heavy atom. The SMILES string of the molecule is CNC(CCCCNC(=O)CSC1CC(=O)N(C)C1=O)C(C)=O. The van der Waals surface area contributed by atoms with Crippen LogP contribution >= 0.6 is 11.8 Å². The van der Waals surface area contributed by atoms with Gasteiger partial charge in [0.2, 0.25) is 17.7 Å². The van der Waals surface area contributed by atoms with Crippen molar-refractivity contribution < 1.29 is 19.2 Å². The van der Waals surface area contributed by atoms with Crippen LogP contribution < -0.4 is 10.6 Å². The number of likely N-dealkylation sites (N-methyl/N-ethyl adjacent to an activating group) is 1. The molecule has 1 aliphatic heterocycles. The van der Waals surface area contributed by atoms with E-state index in [1.165, 1.54) is 18.8 Å². The van der Waals surface area contributed by atoms with Crippen molar-refractivity contribution in [3.05, 3.63) is 0 Å². The van der Waals surface area contributed by atoms with Gasteiger partial charge in [-0.25, -0.2) is 0 Å². The molecule has 2 N–H and O–H groups in total. The maximum atomic E-state index is 11.7. The number of amides is 3. The molecule has 7 nitrogen and oxygen atoms in total. The molecule has 130 valence electrons. The van der Waals surface area contributed by atoms with Gasteiger partial charge in [-0.2, -0.15) is 0 Å². The van der Waals surface area contributed by atoms with Gasteiger partial charge in [0, 0.05) is 20.0 Å². The van der Waals surface area contributed by atoms with E-state index in [1.54, 1.807) is 14.0 Å². The van der Waals surface area contributed by atoms with E-state index < -0.39 is 5.25 Å². The first-order valence-corrected chi connectivity index (χ1v) is 8.78. The molecule has 2 unspecified atom stereocenters. The van der Waals surface area contributed by atoms with Crippen LogP contribution in [0.15, 0.2) is 0 Å². The Hall–Kier alpha value is -1.41. The lowest BCUT2D eigenvalue weighted by Gasteiger charge is -2.12. The summed E-state index contributed by atoms with van der Waals surface area (Å²) in [5.74, 6) is -0.271. The third-order valence-electron chi connectivity index (χ3n) is 3.84. The summed E-state index contributed by atoms with van der Waals surface area (Å²) in [5.41, 5.74) is 0. The molecule has 2 atom stereocenters. The first-order chi connectivity index (χ1) is 10.9. The smallest absolute Gasteiger partial charge is 0.242 e. The largest absolute Gasteiger partial charge is 0.355 e. The molecule has 23 heavy (non-hydrogen) atoms. The molecule has 1 saturated heterocycles. The number of hydrogen-bond acceptors (Lipinski definition) is 6. The van der Waals surface area contributed by atoms with Gasteiger partial charge >= 0.3 is 0 Å². The van der Waals surface area contributed by atoms with Gasteiger partial charge in [-0.3, -0.25) is 24.1 Å². The fraction of sp³-hybridized carbons (Fsp3) is 0.733. The molecular formula is C15H25N3O4S. The third-order valence-corrected chi connectivity index (χ3v) is 5.04. The number of unbranched alkanes of at least 4 members (excludes halogenated alkanes) is 1. The molecule has 0 aromatic heterocycles. The second kappa shape index (κ2) is 9.67. The van der Waals surface area contributed by atoms with Crippen molar-refractivity contribution in [3.8, 4) is 0 Å². The number of imide groups is 1. The van der Waals surface area contributed by atoms with Gasteiger partial charge < -0.3 is 10.6 Å². The zero-order chi connectivity index (χ0) is 17.4. The number of rotatable bonds is 10. The molecule has 0 bridgehead atoms. The molecule has 8 heteroatoms. The van der Waals surface area contributed by atoms with Crippen molar-refractivity contribution in [3.63, 3.8) is 0 Å². The van der Waals surface area contributed by atoms with Crippen LogP contribution in [0.5, 0.6) is 0 Å². The number of nitrogens with one attached hydrogen (secondary N) is 2. The summed E-state index contributed by atoms with van der Waals surface area (Å²) in [6.45, 7) is 2.11. The van der Waals surface area contributed by atoms with Crippen LogP contribution in [-0.4, -0.2) is 66.1 Å². The standard InChI is InChI=1S/C15H25N3O4S/c1-10(19)11(16-2)6-4-5-7-17-13(20)9-23-12-8-14(21)18(3)15(12)22/h11-12,16H,4-9H2,1-3H3,(H,17,20). The molecule has 1 fully saturated rings. The zero-order valence-corrected chi connectivity index (χ0v) is 14.7. The minimum atomic E-state index is -0.440. The van der Waals surface area contributed by atoms with E-state index in [0.29, 0.717) is 6.54 Å². The average molecular weight is 343 g/mol. The Morgan fingerprint density at radius 2 is 2.04 bits per heavy atom.